The van der Waals surface area contributed by atoms with Crippen molar-refractivity contribution in [1.82, 2.24) is 5.32 Å². The number of ether oxygens (including phenoxy) is 1. The number of hydrogen-bond acceptors (Lipinski definition) is 4. The first-order valence-electron chi connectivity index (χ1n) is 2.29. The Bertz CT molecular complexity index is 74.4. The van der Waals surface area contributed by atoms with E-state index < -0.39 is 0 Å². The molecule has 0 heterocycles. The van der Waals surface area contributed by atoms with Gasteiger partial charge in [-0.05, 0) is 0 Å². The van der Waals surface area contributed by atoms with E-state index in [2.05, 4.69) is 10.1 Å². The summed E-state index contributed by atoms with van der Waals surface area (Å²) in [7, 11) is 1.33. The zero-order chi connectivity index (χ0) is 6.41. The summed E-state index contributed by atoms with van der Waals surface area (Å²) in [6.45, 7) is 0.488. The third-order valence-electron chi connectivity index (χ3n) is 0.641. The van der Waals surface area contributed by atoms with Crippen LogP contribution in [0.25, 0.3) is 0 Å². The number of nitrogens with two attached hydrogens (primary N) is 1. The Morgan fingerprint density at radius 1 is 1.88 bits per heavy atom. The van der Waals surface area contributed by atoms with Crippen LogP contribution in [0.15, 0.2) is 0 Å². The van der Waals surface area contributed by atoms with Gasteiger partial charge < -0.3 is 10.5 Å². The molecule has 8 heavy (non-hydrogen) atoms. The Kier molecular flexibility index (Phi) is 4.20. The molecule has 0 aliphatic heterocycles. The minimum absolute atomic E-state index is 0.188. The van der Waals surface area contributed by atoms with Gasteiger partial charge in [-0.1, -0.05) is 0 Å². The van der Waals surface area contributed by atoms with Crippen LogP contribution in [0.2, 0.25) is 0 Å². The van der Waals surface area contributed by atoms with E-state index in [9.17, 15) is 4.79 Å². The fraction of sp³-hybridized carbons (Fsp3) is 0.750. The molecule has 0 saturated heterocycles. The van der Waals surface area contributed by atoms with Crippen LogP contribution in [0.4, 0.5) is 0 Å². The molecule has 0 bridgehead atoms. The van der Waals surface area contributed by atoms with Gasteiger partial charge in [-0.25, -0.2) is 0 Å². The fourth-order valence-electron chi connectivity index (χ4n) is 0.246. The van der Waals surface area contributed by atoms with E-state index in [0.29, 0.717) is 6.67 Å². The predicted octanol–water partition coefficient (Wildman–Crippen LogP) is -1.33. The second-order valence-corrected chi connectivity index (χ2v) is 1.21. The van der Waals surface area contributed by atoms with Crippen molar-refractivity contribution in [3.05, 3.63) is 0 Å². The maximum absolute atomic E-state index is 10.2. The lowest BCUT2D eigenvalue weighted by molar-refractivity contribution is -0.139. The number of carbonyl (C=O) groups is 1. The van der Waals surface area contributed by atoms with Crippen LogP contribution < -0.4 is 11.1 Å². The van der Waals surface area contributed by atoms with Gasteiger partial charge in [-0.3, -0.25) is 10.1 Å². The Balaban J connectivity index is 2.99. The van der Waals surface area contributed by atoms with Crippen molar-refractivity contribution >= 4 is 5.97 Å². The molecule has 0 aromatic rings. The van der Waals surface area contributed by atoms with Gasteiger partial charge in [-0.2, -0.15) is 0 Å². The molecule has 0 aromatic carbocycles. The molecule has 0 radical (unpaired) electrons. The van der Waals surface area contributed by atoms with Crippen LogP contribution in [0.1, 0.15) is 0 Å². The molecule has 0 spiro atoms. The van der Waals surface area contributed by atoms with Gasteiger partial charge in [0.05, 0.1) is 13.7 Å². The fourth-order valence-corrected chi connectivity index (χ4v) is 0.246. The molecule has 0 atom stereocenters. The molecule has 0 fully saturated rings. The topological polar surface area (TPSA) is 64.3 Å². The first kappa shape index (κ1) is 7.39. The van der Waals surface area contributed by atoms with E-state index in [1.165, 1.54) is 7.11 Å². The van der Waals surface area contributed by atoms with Gasteiger partial charge >= 0.3 is 5.97 Å². The van der Waals surface area contributed by atoms with Crippen LogP contribution in [0.3, 0.4) is 0 Å². The minimum atomic E-state index is -0.296. The normalized spacial score (nSPS) is 8.75. The lowest BCUT2D eigenvalue weighted by Crippen LogP contribution is -2.28. The SMILES string of the molecule is COC(=O)CNCN. The summed E-state index contributed by atoms with van der Waals surface area (Å²) in [6, 6.07) is 0. The maximum Gasteiger partial charge on any atom is 0.319 e. The summed E-state index contributed by atoms with van der Waals surface area (Å²) in [5.74, 6) is -0.296. The number of rotatable bonds is 3. The molecule has 4 nitrogen and oxygen atoms in total. The van der Waals surface area contributed by atoms with Gasteiger partial charge in [0.15, 0.2) is 0 Å². The van der Waals surface area contributed by atoms with Gasteiger partial charge in [0.25, 0.3) is 0 Å². The Hall–Kier alpha value is -0.610. The highest BCUT2D eigenvalue weighted by atomic mass is 16.5. The molecule has 0 aromatic heterocycles. The highest BCUT2D eigenvalue weighted by molar-refractivity contribution is 5.71. The van der Waals surface area contributed by atoms with Gasteiger partial charge in [0.2, 0.25) is 0 Å². The molecular weight excluding hydrogens is 108 g/mol. The van der Waals surface area contributed by atoms with Crippen molar-refractivity contribution in [3.63, 3.8) is 0 Å². The standard InChI is InChI=1S/C4H10N2O2/c1-8-4(7)2-6-3-5/h6H,2-3,5H2,1H3. The number of esters is 1. The third-order valence-corrected chi connectivity index (χ3v) is 0.641. The van der Waals surface area contributed by atoms with Crippen LogP contribution >= 0.6 is 0 Å². The molecule has 4 heteroatoms. The average Bonchev–Trinajstić information content (AvgIpc) is 1.83. The van der Waals surface area contributed by atoms with Crippen molar-refractivity contribution in [2.75, 3.05) is 20.3 Å². The molecule has 0 aliphatic carbocycles. The second kappa shape index (κ2) is 4.55. The van der Waals surface area contributed by atoms with Crippen molar-refractivity contribution in [3.8, 4) is 0 Å². The third kappa shape index (κ3) is 3.58. The van der Waals surface area contributed by atoms with E-state index in [0.717, 1.165) is 0 Å². The van der Waals surface area contributed by atoms with E-state index in [-0.39, 0.29) is 12.5 Å². The molecule has 0 rings (SSSR count). The average molecular weight is 118 g/mol. The Morgan fingerprint density at radius 2 is 2.50 bits per heavy atom. The molecule has 48 valence electrons. The van der Waals surface area contributed by atoms with Crippen molar-refractivity contribution in [2.45, 2.75) is 0 Å². The Labute approximate surface area is 48.0 Å². The van der Waals surface area contributed by atoms with Crippen LogP contribution in [0.5, 0.6) is 0 Å². The lowest BCUT2D eigenvalue weighted by Gasteiger charge is -1.96. The molecule has 0 amide bonds. The first-order valence-corrected chi connectivity index (χ1v) is 2.29. The van der Waals surface area contributed by atoms with Crippen LogP contribution in [-0.2, 0) is 9.53 Å². The van der Waals surface area contributed by atoms with Crippen LogP contribution in [-0.4, -0.2) is 26.3 Å². The summed E-state index contributed by atoms with van der Waals surface area (Å²) < 4.78 is 4.30. The monoisotopic (exact) mass is 118 g/mol. The van der Waals surface area contributed by atoms with E-state index in [1.807, 2.05) is 0 Å². The minimum Gasteiger partial charge on any atom is -0.468 e. The Morgan fingerprint density at radius 3 is 2.88 bits per heavy atom. The summed E-state index contributed by atoms with van der Waals surface area (Å²) in [5, 5.41) is 2.60. The molecular formula is C4H10N2O2. The summed E-state index contributed by atoms with van der Waals surface area (Å²) >= 11 is 0. The molecule has 3 N–H and O–H groups in total. The van der Waals surface area contributed by atoms with Gasteiger partial charge in [0.1, 0.15) is 0 Å². The van der Waals surface area contributed by atoms with E-state index in [1.54, 1.807) is 0 Å². The van der Waals surface area contributed by atoms with Gasteiger partial charge in [0, 0.05) is 6.67 Å². The zero-order valence-corrected chi connectivity index (χ0v) is 4.81. The smallest absolute Gasteiger partial charge is 0.319 e. The summed E-state index contributed by atoms with van der Waals surface area (Å²) in [4.78, 5) is 10.2. The first-order chi connectivity index (χ1) is 3.81. The van der Waals surface area contributed by atoms with E-state index >= 15 is 0 Å². The molecule has 0 unspecified atom stereocenters. The predicted molar refractivity (Wildman–Crippen MR) is 29.1 cm³/mol. The maximum atomic E-state index is 10.2. The zero-order valence-electron chi connectivity index (χ0n) is 4.81. The highest BCUT2D eigenvalue weighted by Crippen LogP contribution is 1.65. The summed E-state index contributed by atoms with van der Waals surface area (Å²) in [5.41, 5.74) is 5.01. The van der Waals surface area contributed by atoms with Crippen molar-refractivity contribution < 1.29 is 9.53 Å². The molecule has 0 saturated carbocycles. The number of hydrogen-bond donors (Lipinski definition) is 2. The number of carbonyl (C=O) groups excluding carboxylic acids is 1. The highest BCUT2D eigenvalue weighted by Gasteiger charge is 1.93. The summed E-state index contributed by atoms with van der Waals surface area (Å²) in [6.07, 6.45) is 0. The van der Waals surface area contributed by atoms with Crippen LogP contribution in [0, 0.1) is 0 Å². The molecule has 0 aliphatic rings. The quantitative estimate of drug-likeness (QED) is 0.356. The number of methoxy groups -OCH3 is 1. The van der Waals surface area contributed by atoms with E-state index in [4.69, 9.17) is 5.73 Å². The lowest BCUT2D eigenvalue weighted by atomic mass is 10.6. The second-order valence-electron chi connectivity index (χ2n) is 1.21. The van der Waals surface area contributed by atoms with Crippen molar-refractivity contribution in [2.24, 2.45) is 5.73 Å². The largest absolute Gasteiger partial charge is 0.468 e. The van der Waals surface area contributed by atoms with Crippen molar-refractivity contribution in [1.29, 1.82) is 0 Å². The number of nitrogens with one attached hydrogen (secondary N) is 1. The van der Waals surface area contributed by atoms with Gasteiger partial charge in [-0.15, -0.1) is 0 Å².